The van der Waals surface area contributed by atoms with E-state index < -0.39 is 0 Å². The molecular formula is C16H16BrClN2O. The third kappa shape index (κ3) is 5.78. The van der Waals surface area contributed by atoms with E-state index in [1.165, 1.54) is 5.56 Å². The summed E-state index contributed by atoms with van der Waals surface area (Å²) in [6.45, 7) is 1.09. The lowest BCUT2D eigenvalue weighted by atomic mass is 10.1. The second kappa shape index (κ2) is 8.05. The minimum absolute atomic E-state index is 0.167. The van der Waals surface area contributed by atoms with Crippen LogP contribution in [0.1, 0.15) is 11.1 Å². The SMILES string of the molecule is O=C(NCCc1cccc(Br)c1)NCc1ccc(Cl)cc1. The van der Waals surface area contributed by atoms with Gasteiger partial charge in [-0.1, -0.05) is 51.8 Å². The van der Waals surface area contributed by atoms with Crippen LogP contribution >= 0.6 is 27.5 Å². The first kappa shape index (κ1) is 15.9. The average molecular weight is 368 g/mol. The second-order valence-corrected chi connectivity index (χ2v) is 5.97. The first-order valence-corrected chi connectivity index (χ1v) is 7.81. The zero-order valence-corrected chi connectivity index (χ0v) is 13.7. The molecule has 0 atom stereocenters. The van der Waals surface area contributed by atoms with Gasteiger partial charge in [0.1, 0.15) is 0 Å². The van der Waals surface area contributed by atoms with Crippen LogP contribution in [-0.4, -0.2) is 12.6 Å². The van der Waals surface area contributed by atoms with Crippen molar-refractivity contribution in [1.29, 1.82) is 0 Å². The van der Waals surface area contributed by atoms with Crippen molar-refractivity contribution in [3.05, 3.63) is 69.2 Å². The summed E-state index contributed by atoms with van der Waals surface area (Å²) in [5, 5.41) is 6.35. The Balaban J connectivity index is 1.69. The predicted molar refractivity (Wildman–Crippen MR) is 89.5 cm³/mol. The molecule has 0 heterocycles. The van der Waals surface area contributed by atoms with Crippen LogP contribution in [0.15, 0.2) is 53.0 Å². The number of amides is 2. The fourth-order valence-corrected chi connectivity index (χ4v) is 2.43. The van der Waals surface area contributed by atoms with Crippen LogP contribution < -0.4 is 10.6 Å². The zero-order valence-electron chi connectivity index (χ0n) is 11.4. The van der Waals surface area contributed by atoms with Crippen molar-refractivity contribution in [2.45, 2.75) is 13.0 Å². The second-order valence-electron chi connectivity index (χ2n) is 4.62. The highest BCUT2D eigenvalue weighted by Gasteiger charge is 2.01. The number of rotatable bonds is 5. The maximum atomic E-state index is 11.7. The molecule has 0 spiro atoms. The number of hydrogen-bond donors (Lipinski definition) is 2. The van der Waals surface area contributed by atoms with E-state index in [9.17, 15) is 4.79 Å². The van der Waals surface area contributed by atoms with Crippen LogP contribution in [-0.2, 0) is 13.0 Å². The van der Waals surface area contributed by atoms with Crippen molar-refractivity contribution in [2.75, 3.05) is 6.54 Å². The quantitative estimate of drug-likeness (QED) is 0.819. The fraction of sp³-hybridized carbons (Fsp3) is 0.188. The van der Waals surface area contributed by atoms with E-state index in [-0.39, 0.29) is 6.03 Å². The zero-order chi connectivity index (χ0) is 15.1. The largest absolute Gasteiger partial charge is 0.338 e. The van der Waals surface area contributed by atoms with Crippen molar-refractivity contribution >= 4 is 33.6 Å². The van der Waals surface area contributed by atoms with Crippen molar-refractivity contribution in [3.63, 3.8) is 0 Å². The lowest BCUT2D eigenvalue weighted by molar-refractivity contribution is 0.240. The molecule has 2 N–H and O–H groups in total. The van der Waals surface area contributed by atoms with E-state index in [2.05, 4.69) is 26.6 Å². The summed E-state index contributed by atoms with van der Waals surface area (Å²) in [6.07, 6.45) is 0.799. The standard InChI is InChI=1S/C16H16BrClN2O/c17-14-3-1-2-12(10-14)8-9-19-16(21)20-11-13-4-6-15(18)7-5-13/h1-7,10H,8-9,11H2,(H2,19,20,21). The number of hydrogen-bond acceptors (Lipinski definition) is 1. The first-order valence-electron chi connectivity index (χ1n) is 6.64. The van der Waals surface area contributed by atoms with Crippen LogP contribution in [0.5, 0.6) is 0 Å². The molecule has 0 unspecified atom stereocenters. The van der Waals surface area contributed by atoms with Gasteiger partial charge in [-0.3, -0.25) is 0 Å². The highest BCUT2D eigenvalue weighted by molar-refractivity contribution is 9.10. The summed E-state index contributed by atoms with van der Waals surface area (Å²) >= 11 is 9.24. The summed E-state index contributed by atoms with van der Waals surface area (Å²) in [7, 11) is 0. The van der Waals surface area contributed by atoms with Crippen molar-refractivity contribution in [3.8, 4) is 0 Å². The average Bonchev–Trinajstić information content (AvgIpc) is 2.47. The van der Waals surface area contributed by atoms with Gasteiger partial charge in [-0.05, 0) is 41.8 Å². The normalized spacial score (nSPS) is 10.2. The van der Waals surface area contributed by atoms with E-state index in [1.807, 2.05) is 48.5 Å². The summed E-state index contributed by atoms with van der Waals surface area (Å²) in [6, 6.07) is 15.3. The highest BCUT2D eigenvalue weighted by Crippen LogP contribution is 2.11. The molecule has 2 aromatic rings. The molecule has 0 aliphatic carbocycles. The number of benzene rings is 2. The molecule has 0 saturated carbocycles. The van der Waals surface area contributed by atoms with E-state index in [0.717, 1.165) is 16.5 Å². The Morgan fingerprint density at radius 1 is 1.05 bits per heavy atom. The maximum Gasteiger partial charge on any atom is 0.315 e. The van der Waals surface area contributed by atoms with E-state index in [1.54, 1.807) is 0 Å². The third-order valence-electron chi connectivity index (χ3n) is 2.95. The number of carbonyl (C=O) groups excluding carboxylic acids is 1. The summed E-state index contributed by atoms with van der Waals surface area (Å²) in [4.78, 5) is 11.7. The lowest BCUT2D eigenvalue weighted by Gasteiger charge is -2.08. The maximum absolute atomic E-state index is 11.7. The highest BCUT2D eigenvalue weighted by atomic mass is 79.9. The van der Waals surface area contributed by atoms with Gasteiger partial charge in [-0.2, -0.15) is 0 Å². The molecule has 0 fully saturated rings. The molecule has 2 amide bonds. The van der Waals surface area contributed by atoms with Gasteiger partial charge in [-0.25, -0.2) is 4.79 Å². The molecule has 0 bridgehead atoms. The smallest absolute Gasteiger partial charge is 0.315 e. The van der Waals surface area contributed by atoms with Gasteiger partial charge in [0.15, 0.2) is 0 Å². The third-order valence-corrected chi connectivity index (χ3v) is 3.70. The van der Waals surface area contributed by atoms with Crippen molar-refractivity contribution < 1.29 is 4.79 Å². The molecule has 110 valence electrons. The van der Waals surface area contributed by atoms with Crippen molar-refractivity contribution in [2.24, 2.45) is 0 Å². The van der Waals surface area contributed by atoms with Crippen LogP contribution in [0.25, 0.3) is 0 Å². The Bertz CT molecular complexity index is 601. The van der Waals surface area contributed by atoms with E-state index in [4.69, 9.17) is 11.6 Å². The van der Waals surface area contributed by atoms with E-state index in [0.29, 0.717) is 18.1 Å². The molecule has 0 aromatic heterocycles. The Kier molecular flexibility index (Phi) is 6.08. The van der Waals surface area contributed by atoms with Crippen LogP contribution in [0, 0.1) is 0 Å². The summed E-state index contributed by atoms with van der Waals surface area (Å²) in [5.41, 5.74) is 2.20. The molecule has 21 heavy (non-hydrogen) atoms. The molecular weight excluding hydrogens is 352 g/mol. The Morgan fingerprint density at radius 2 is 1.81 bits per heavy atom. The molecule has 0 radical (unpaired) electrons. The van der Waals surface area contributed by atoms with Gasteiger partial charge in [0.25, 0.3) is 0 Å². The Hall–Kier alpha value is -1.52. The minimum Gasteiger partial charge on any atom is -0.338 e. The number of nitrogens with one attached hydrogen (secondary N) is 2. The molecule has 3 nitrogen and oxygen atoms in total. The summed E-state index contributed by atoms with van der Waals surface area (Å²) in [5.74, 6) is 0. The van der Waals surface area contributed by atoms with Gasteiger partial charge in [-0.15, -0.1) is 0 Å². The molecule has 2 aromatic carbocycles. The van der Waals surface area contributed by atoms with Gasteiger partial charge in [0, 0.05) is 22.6 Å². The number of urea groups is 1. The summed E-state index contributed by atoms with van der Waals surface area (Å²) < 4.78 is 1.05. The monoisotopic (exact) mass is 366 g/mol. The predicted octanol–water partition coefficient (Wildman–Crippen LogP) is 4.14. The first-order chi connectivity index (χ1) is 10.1. The fourth-order valence-electron chi connectivity index (χ4n) is 1.86. The van der Waals surface area contributed by atoms with Crippen molar-refractivity contribution in [1.82, 2.24) is 10.6 Å². The van der Waals surface area contributed by atoms with Gasteiger partial charge in [0.2, 0.25) is 0 Å². The number of halogens is 2. The van der Waals surface area contributed by atoms with E-state index >= 15 is 0 Å². The van der Waals surface area contributed by atoms with Gasteiger partial charge >= 0.3 is 6.03 Å². The van der Waals surface area contributed by atoms with Gasteiger partial charge < -0.3 is 10.6 Å². The molecule has 5 heteroatoms. The Morgan fingerprint density at radius 3 is 2.52 bits per heavy atom. The van der Waals surface area contributed by atoms with Crippen LogP contribution in [0.3, 0.4) is 0 Å². The Labute approximate surface area is 137 Å². The molecule has 0 aliphatic rings. The lowest BCUT2D eigenvalue weighted by Crippen LogP contribution is -2.36. The molecule has 2 rings (SSSR count). The van der Waals surface area contributed by atoms with Crippen LogP contribution in [0.4, 0.5) is 4.79 Å². The minimum atomic E-state index is -0.167. The molecule has 0 aliphatic heterocycles. The molecule has 0 saturated heterocycles. The van der Waals surface area contributed by atoms with Gasteiger partial charge in [0.05, 0.1) is 0 Å². The number of carbonyl (C=O) groups is 1. The topological polar surface area (TPSA) is 41.1 Å². The van der Waals surface area contributed by atoms with Crippen LogP contribution in [0.2, 0.25) is 5.02 Å².